The predicted molar refractivity (Wildman–Crippen MR) is 47.4 cm³/mol. The standard InChI is InChI=1S/C6H13N3S/c1-10-5-4-9-3-2-6(7)8/h2-3,9H,4-5H2,1H3,(H3,7,8)/b3-2-. The van der Waals surface area contributed by atoms with Crippen molar-refractivity contribution < 1.29 is 0 Å². The van der Waals surface area contributed by atoms with Crippen molar-refractivity contribution in [2.24, 2.45) is 5.73 Å². The highest BCUT2D eigenvalue weighted by atomic mass is 32.2. The molecular weight excluding hydrogens is 146 g/mol. The van der Waals surface area contributed by atoms with Crippen LogP contribution >= 0.6 is 11.8 Å². The van der Waals surface area contributed by atoms with Gasteiger partial charge in [0.25, 0.3) is 0 Å². The zero-order valence-electron chi connectivity index (χ0n) is 6.05. The summed E-state index contributed by atoms with van der Waals surface area (Å²) < 4.78 is 0. The summed E-state index contributed by atoms with van der Waals surface area (Å²) in [6.45, 7) is 0.922. The van der Waals surface area contributed by atoms with Crippen molar-refractivity contribution in [3.05, 3.63) is 12.3 Å². The Kier molecular flexibility index (Phi) is 6.06. The fourth-order valence-electron chi connectivity index (χ4n) is 0.393. The minimum Gasteiger partial charge on any atom is -0.390 e. The van der Waals surface area contributed by atoms with Crippen LogP contribution in [0.5, 0.6) is 0 Å². The van der Waals surface area contributed by atoms with Crippen molar-refractivity contribution in [1.82, 2.24) is 5.32 Å². The maximum Gasteiger partial charge on any atom is 0.116 e. The van der Waals surface area contributed by atoms with Crippen molar-refractivity contribution >= 4 is 17.6 Å². The number of rotatable bonds is 5. The van der Waals surface area contributed by atoms with Gasteiger partial charge < -0.3 is 11.1 Å². The molecule has 0 fully saturated rings. The van der Waals surface area contributed by atoms with E-state index in [1.165, 1.54) is 6.08 Å². The van der Waals surface area contributed by atoms with Crippen LogP contribution in [-0.4, -0.2) is 24.4 Å². The largest absolute Gasteiger partial charge is 0.390 e. The maximum absolute atomic E-state index is 6.82. The fourth-order valence-corrected chi connectivity index (χ4v) is 0.715. The quantitative estimate of drug-likeness (QED) is 0.309. The Bertz CT molecular complexity index is 122. The third kappa shape index (κ3) is 7.36. The van der Waals surface area contributed by atoms with Gasteiger partial charge in [0.2, 0.25) is 0 Å². The Morgan fingerprint density at radius 2 is 2.50 bits per heavy atom. The van der Waals surface area contributed by atoms with Gasteiger partial charge in [0.05, 0.1) is 0 Å². The second-order valence-corrected chi connectivity index (χ2v) is 2.72. The van der Waals surface area contributed by atoms with Crippen LogP contribution in [0.2, 0.25) is 0 Å². The molecule has 0 unspecified atom stereocenters. The smallest absolute Gasteiger partial charge is 0.116 e. The Morgan fingerprint density at radius 1 is 1.80 bits per heavy atom. The van der Waals surface area contributed by atoms with Gasteiger partial charge in [-0.1, -0.05) is 0 Å². The van der Waals surface area contributed by atoms with Crippen molar-refractivity contribution in [3.63, 3.8) is 0 Å². The molecule has 0 bridgehead atoms. The average Bonchev–Trinajstić information content (AvgIpc) is 1.87. The molecule has 10 heavy (non-hydrogen) atoms. The molecule has 58 valence electrons. The molecule has 0 aliphatic carbocycles. The maximum atomic E-state index is 6.82. The molecule has 0 aliphatic rings. The van der Waals surface area contributed by atoms with E-state index < -0.39 is 0 Å². The summed E-state index contributed by atoms with van der Waals surface area (Å²) in [6, 6.07) is 0. The van der Waals surface area contributed by atoms with Crippen LogP contribution in [0.1, 0.15) is 0 Å². The van der Waals surface area contributed by atoms with Gasteiger partial charge in [0.1, 0.15) is 5.84 Å². The molecule has 3 nitrogen and oxygen atoms in total. The van der Waals surface area contributed by atoms with E-state index in [1.54, 1.807) is 18.0 Å². The summed E-state index contributed by atoms with van der Waals surface area (Å²) in [7, 11) is 0. The third-order valence-corrected chi connectivity index (χ3v) is 1.44. The van der Waals surface area contributed by atoms with E-state index in [1.807, 2.05) is 0 Å². The number of amidine groups is 1. The van der Waals surface area contributed by atoms with Crippen LogP contribution in [-0.2, 0) is 0 Å². The molecule has 4 heteroatoms. The van der Waals surface area contributed by atoms with Gasteiger partial charge in [0, 0.05) is 18.5 Å². The highest BCUT2D eigenvalue weighted by molar-refractivity contribution is 7.98. The number of nitrogens with one attached hydrogen (secondary N) is 2. The second kappa shape index (κ2) is 6.48. The zero-order valence-corrected chi connectivity index (χ0v) is 6.87. The van der Waals surface area contributed by atoms with Crippen LogP contribution in [0.4, 0.5) is 0 Å². The number of nitrogens with two attached hydrogens (primary N) is 1. The summed E-state index contributed by atoms with van der Waals surface area (Å²) in [6.07, 6.45) is 5.27. The van der Waals surface area contributed by atoms with Crippen LogP contribution in [0, 0.1) is 5.41 Å². The SMILES string of the molecule is CSCCN/C=C\C(=N)N. The van der Waals surface area contributed by atoms with Crippen LogP contribution in [0.15, 0.2) is 12.3 Å². The van der Waals surface area contributed by atoms with Gasteiger partial charge in [-0.15, -0.1) is 0 Å². The van der Waals surface area contributed by atoms with Crippen molar-refractivity contribution in [1.29, 1.82) is 5.41 Å². The molecule has 0 aromatic heterocycles. The molecule has 0 heterocycles. The monoisotopic (exact) mass is 159 g/mol. The number of hydrogen-bond acceptors (Lipinski definition) is 3. The summed E-state index contributed by atoms with van der Waals surface area (Å²) in [5.74, 6) is 1.15. The van der Waals surface area contributed by atoms with E-state index in [2.05, 4.69) is 11.6 Å². The lowest BCUT2D eigenvalue weighted by Crippen LogP contribution is -2.12. The van der Waals surface area contributed by atoms with Gasteiger partial charge in [-0.3, -0.25) is 5.41 Å². The minimum atomic E-state index is 0.0802. The molecule has 0 spiro atoms. The molecule has 0 atom stereocenters. The molecule has 0 rings (SSSR count). The molecule has 4 N–H and O–H groups in total. The van der Waals surface area contributed by atoms with Crippen LogP contribution in [0.25, 0.3) is 0 Å². The van der Waals surface area contributed by atoms with E-state index in [0.29, 0.717) is 0 Å². The van der Waals surface area contributed by atoms with E-state index in [-0.39, 0.29) is 5.84 Å². The fraction of sp³-hybridized carbons (Fsp3) is 0.500. The Balaban J connectivity index is 3.10. The van der Waals surface area contributed by atoms with Crippen LogP contribution in [0.3, 0.4) is 0 Å². The number of hydrogen-bond donors (Lipinski definition) is 3. The molecule has 0 aromatic rings. The zero-order chi connectivity index (χ0) is 7.82. The van der Waals surface area contributed by atoms with Crippen molar-refractivity contribution in [3.8, 4) is 0 Å². The highest BCUT2D eigenvalue weighted by Gasteiger charge is 1.78. The Hall–Kier alpha value is -0.640. The molecule has 0 amide bonds. The second-order valence-electron chi connectivity index (χ2n) is 1.74. The summed E-state index contributed by atoms with van der Waals surface area (Å²) >= 11 is 1.78. The first kappa shape index (κ1) is 9.36. The first-order valence-corrected chi connectivity index (χ1v) is 4.39. The van der Waals surface area contributed by atoms with E-state index >= 15 is 0 Å². The van der Waals surface area contributed by atoms with E-state index in [4.69, 9.17) is 11.1 Å². The topological polar surface area (TPSA) is 61.9 Å². The van der Waals surface area contributed by atoms with Crippen molar-refractivity contribution in [2.75, 3.05) is 18.6 Å². The van der Waals surface area contributed by atoms with Gasteiger partial charge >= 0.3 is 0 Å². The lowest BCUT2D eigenvalue weighted by molar-refractivity contribution is 0.930. The minimum absolute atomic E-state index is 0.0802. The van der Waals surface area contributed by atoms with E-state index in [0.717, 1.165) is 12.3 Å². The van der Waals surface area contributed by atoms with Crippen LogP contribution < -0.4 is 11.1 Å². The Morgan fingerprint density at radius 3 is 3.00 bits per heavy atom. The Labute approximate surface area is 65.6 Å². The first-order valence-electron chi connectivity index (χ1n) is 3.00. The van der Waals surface area contributed by atoms with Gasteiger partial charge in [0.15, 0.2) is 0 Å². The predicted octanol–water partition coefficient (Wildman–Crippen LogP) is 0.389. The molecule has 0 saturated heterocycles. The number of thioether (sulfide) groups is 1. The van der Waals surface area contributed by atoms with Gasteiger partial charge in [-0.2, -0.15) is 11.8 Å². The normalized spacial score (nSPS) is 10.1. The highest BCUT2D eigenvalue weighted by Crippen LogP contribution is 1.86. The van der Waals surface area contributed by atoms with E-state index in [9.17, 15) is 0 Å². The molecular formula is C6H13N3S. The summed E-state index contributed by atoms with van der Waals surface area (Å²) in [5.41, 5.74) is 5.06. The van der Waals surface area contributed by atoms with Crippen molar-refractivity contribution in [2.45, 2.75) is 0 Å². The lowest BCUT2D eigenvalue weighted by Gasteiger charge is -1.95. The first-order chi connectivity index (χ1) is 4.77. The molecule has 0 radical (unpaired) electrons. The van der Waals surface area contributed by atoms with Gasteiger partial charge in [-0.05, 0) is 12.3 Å². The lowest BCUT2D eigenvalue weighted by atomic mass is 10.5. The summed E-state index contributed by atoms with van der Waals surface area (Å²) in [4.78, 5) is 0. The molecule has 0 aliphatic heterocycles. The molecule has 0 aromatic carbocycles. The summed E-state index contributed by atoms with van der Waals surface area (Å²) in [5, 5.41) is 9.82. The van der Waals surface area contributed by atoms with Gasteiger partial charge in [-0.25, -0.2) is 0 Å². The average molecular weight is 159 g/mol. The third-order valence-electron chi connectivity index (χ3n) is 0.831. The molecule has 0 saturated carbocycles.